The third-order valence-electron chi connectivity index (χ3n) is 3.06. The average Bonchev–Trinajstić information content (AvgIpc) is 2.77. The van der Waals surface area contributed by atoms with Gasteiger partial charge in [-0.3, -0.25) is 4.90 Å². The highest BCUT2D eigenvalue weighted by molar-refractivity contribution is 8.18. The SMILES string of the molecule is CC1=C(C(=O)O)SC2=NC(c3ccccc3)N=C(N)N21. The molecule has 0 aromatic heterocycles. The quantitative estimate of drug-likeness (QED) is 0.864. The fraction of sp³-hybridized carbons (Fsp3) is 0.154. The summed E-state index contributed by atoms with van der Waals surface area (Å²) in [4.78, 5) is 21.8. The van der Waals surface area contributed by atoms with Gasteiger partial charge in [0.25, 0.3) is 0 Å². The van der Waals surface area contributed by atoms with Crippen LogP contribution in [0.2, 0.25) is 0 Å². The van der Waals surface area contributed by atoms with E-state index in [1.807, 2.05) is 30.3 Å². The number of carbonyl (C=O) groups is 1. The molecular weight excluding hydrogens is 276 g/mol. The summed E-state index contributed by atoms with van der Waals surface area (Å²) in [6, 6.07) is 9.55. The lowest BCUT2D eigenvalue weighted by molar-refractivity contribution is -0.131. The summed E-state index contributed by atoms with van der Waals surface area (Å²) in [6.07, 6.45) is -0.420. The van der Waals surface area contributed by atoms with Gasteiger partial charge in [0.1, 0.15) is 4.91 Å². The first-order chi connectivity index (χ1) is 9.58. The van der Waals surface area contributed by atoms with Crippen LogP contribution in [0.4, 0.5) is 0 Å². The van der Waals surface area contributed by atoms with Crippen molar-refractivity contribution in [1.82, 2.24) is 4.90 Å². The number of aliphatic imine (C=N–C) groups is 2. The molecular formula is C13H12N4O2S. The van der Waals surface area contributed by atoms with E-state index in [1.165, 1.54) is 0 Å². The van der Waals surface area contributed by atoms with Crippen molar-refractivity contribution in [2.24, 2.45) is 15.7 Å². The molecule has 0 amide bonds. The van der Waals surface area contributed by atoms with Gasteiger partial charge in [0.2, 0.25) is 5.96 Å². The van der Waals surface area contributed by atoms with Gasteiger partial charge in [-0.1, -0.05) is 30.3 Å². The van der Waals surface area contributed by atoms with Crippen molar-refractivity contribution in [3.8, 4) is 0 Å². The van der Waals surface area contributed by atoms with Gasteiger partial charge in [-0.05, 0) is 24.2 Å². The first kappa shape index (κ1) is 12.7. The van der Waals surface area contributed by atoms with Crippen LogP contribution in [0.5, 0.6) is 0 Å². The average molecular weight is 288 g/mol. The molecule has 0 spiro atoms. The zero-order valence-corrected chi connectivity index (χ0v) is 11.5. The van der Waals surface area contributed by atoms with Crippen molar-refractivity contribution in [3.05, 3.63) is 46.5 Å². The van der Waals surface area contributed by atoms with Crippen LogP contribution in [-0.4, -0.2) is 27.1 Å². The number of allylic oxidation sites excluding steroid dienone is 1. The number of aliphatic carboxylic acids is 1. The van der Waals surface area contributed by atoms with Gasteiger partial charge in [0, 0.05) is 5.70 Å². The topological polar surface area (TPSA) is 91.3 Å². The largest absolute Gasteiger partial charge is 0.477 e. The first-order valence-corrected chi connectivity index (χ1v) is 6.77. The van der Waals surface area contributed by atoms with Crippen molar-refractivity contribution in [3.63, 3.8) is 0 Å². The molecule has 0 saturated carbocycles. The Kier molecular flexibility index (Phi) is 2.98. The molecule has 3 rings (SSSR count). The van der Waals surface area contributed by atoms with E-state index < -0.39 is 12.1 Å². The second-order valence-corrected chi connectivity index (χ2v) is 5.32. The Bertz CT molecular complexity index is 666. The van der Waals surface area contributed by atoms with Gasteiger partial charge < -0.3 is 10.8 Å². The van der Waals surface area contributed by atoms with Crippen LogP contribution in [0.1, 0.15) is 18.7 Å². The number of carboxylic acid groups (broad SMARTS) is 1. The van der Waals surface area contributed by atoms with Crippen molar-refractivity contribution < 1.29 is 9.90 Å². The lowest BCUT2D eigenvalue weighted by Gasteiger charge is -2.25. The van der Waals surface area contributed by atoms with Crippen LogP contribution in [0.25, 0.3) is 0 Å². The van der Waals surface area contributed by atoms with Crippen LogP contribution in [0.15, 0.2) is 50.9 Å². The van der Waals surface area contributed by atoms with Gasteiger partial charge in [-0.15, -0.1) is 0 Å². The summed E-state index contributed by atoms with van der Waals surface area (Å²) in [7, 11) is 0. The standard InChI is InChI=1S/C13H12N4O2S/c1-7-9(11(18)19)20-13-16-10(15-12(14)17(7)13)8-5-3-2-4-6-8/h2-6,10H,1H3,(H2,14,15)(H,18,19). The van der Waals surface area contributed by atoms with E-state index in [0.29, 0.717) is 10.9 Å². The third kappa shape index (κ3) is 1.96. The zero-order valence-electron chi connectivity index (χ0n) is 10.6. The number of carboxylic acids is 1. The van der Waals surface area contributed by atoms with E-state index in [1.54, 1.807) is 11.8 Å². The molecule has 0 saturated heterocycles. The van der Waals surface area contributed by atoms with Crippen LogP contribution < -0.4 is 5.73 Å². The summed E-state index contributed by atoms with van der Waals surface area (Å²) in [5.74, 6) is -0.709. The maximum atomic E-state index is 11.2. The molecule has 6 nitrogen and oxygen atoms in total. The highest BCUT2D eigenvalue weighted by atomic mass is 32.2. The number of rotatable bonds is 2. The van der Waals surface area contributed by atoms with E-state index in [0.717, 1.165) is 17.3 Å². The number of fused-ring (bicyclic) bond motifs is 1. The van der Waals surface area contributed by atoms with Crippen LogP contribution in [-0.2, 0) is 4.79 Å². The molecule has 0 fully saturated rings. The predicted octanol–water partition coefficient (Wildman–Crippen LogP) is 1.73. The number of hydrogen-bond donors (Lipinski definition) is 2. The molecule has 1 aromatic rings. The predicted molar refractivity (Wildman–Crippen MR) is 78.0 cm³/mol. The molecule has 0 radical (unpaired) electrons. The second-order valence-electron chi connectivity index (χ2n) is 4.34. The van der Waals surface area contributed by atoms with Gasteiger partial charge >= 0.3 is 5.97 Å². The third-order valence-corrected chi connectivity index (χ3v) is 4.20. The summed E-state index contributed by atoms with van der Waals surface area (Å²) >= 11 is 1.11. The Morgan fingerprint density at radius 3 is 2.70 bits per heavy atom. The summed E-state index contributed by atoms with van der Waals surface area (Å²) in [5, 5.41) is 9.72. The van der Waals surface area contributed by atoms with Crippen LogP contribution in [0.3, 0.4) is 0 Å². The van der Waals surface area contributed by atoms with Gasteiger partial charge in [-0.25, -0.2) is 14.8 Å². The molecule has 2 aliphatic heterocycles. The molecule has 3 N–H and O–H groups in total. The number of nitrogens with zero attached hydrogens (tertiary/aromatic N) is 3. The molecule has 0 bridgehead atoms. The number of hydrogen-bond acceptors (Lipinski definition) is 6. The van der Waals surface area contributed by atoms with Crippen LogP contribution >= 0.6 is 11.8 Å². The van der Waals surface area contributed by atoms with Crippen molar-refractivity contribution in [2.75, 3.05) is 0 Å². The van der Waals surface area contributed by atoms with Gasteiger partial charge in [0.15, 0.2) is 11.3 Å². The Balaban J connectivity index is 1.99. The number of nitrogens with two attached hydrogens (primary N) is 1. The van der Waals surface area contributed by atoms with Crippen molar-refractivity contribution in [2.45, 2.75) is 13.1 Å². The fourth-order valence-electron chi connectivity index (χ4n) is 2.10. The Morgan fingerprint density at radius 2 is 2.05 bits per heavy atom. The van der Waals surface area contributed by atoms with Crippen molar-refractivity contribution in [1.29, 1.82) is 0 Å². The summed E-state index contributed by atoms with van der Waals surface area (Å²) < 4.78 is 0. The van der Waals surface area contributed by atoms with E-state index in [4.69, 9.17) is 10.8 Å². The molecule has 20 heavy (non-hydrogen) atoms. The van der Waals surface area contributed by atoms with E-state index in [2.05, 4.69) is 9.98 Å². The molecule has 102 valence electrons. The molecule has 1 atom stereocenters. The van der Waals surface area contributed by atoms with Gasteiger partial charge in [0.05, 0.1) is 0 Å². The molecule has 7 heteroatoms. The Morgan fingerprint density at radius 1 is 1.35 bits per heavy atom. The van der Waals surface area contributed by atoms with Crippen LogP contribution in [0, 0.1) is 0 Å². The monoisotopic (exact) mass is 288 g/mol. The highest BCUT2D eigenvalue weighted by Gasteiger charge is 2.36. The number of guanidine groups is 1. The van der Waals surface area contributed by atoms with E-state index in [-0.39, 0.29) is 10.9 Å². The number of thioether (sulfide) groups is 1. The summed E-state index contributed by atoms with van der Waals surface area (Å²) in [5.41, 5.74) is 7.43. The maximum absolute atomic E-state index is 11.2. The lowest BCUT2D eigenvalue weighted by Crippen LogP contribution is -2.39. The molecule has 2 heterocycles. The first-order valence-electron chi connectivity index (χ1n) is 5.96. The summed E-state index contributed by atoms with van der Waals surface area (Å²) in [6.45, 7) is 1.70. The Labute approximate surface area is 119 Å². The van der Waals surface area contributed by atoms with E-state index >= 15 is 0 Å². The fourth-order valence-corrected chi connectivity index (χ4v) is 3.08. The second kappa shape index (κ2) is 4.68. The minimum Gasteiger partial charge on any atom is -0.477 e. The molecule has 2 aliphatic rings. The normalized spacial score (nSPS) is 21.4. The van der Waals surface area contributed by atoms with Gasteiger partial charge in [-0.2, -0.15) is 0 Å². The molecule has 1 aromatic carbocycles. The lowest BCUT2D eigenvalue weighted by atomic mass is 10.2. The smallest absolute Gasteiger partial charge is 0.344 e. The van der Waals surface area contributed by atoms with Crippen molar-refractivity contribution >= 4 is 28.9 Å². The minimum absolute atomic E-state index is 0.232. The number of amidine groups is 1. The molecule has 0 aliphatic carbocycles. The maximum Gasteiger partial charge on any atom is 0.344 e. The molecule has 1 unspecified atom stereocenters. The zero-order chi connectivity index (χ0) is 14.3. The van der Waals surface area contributed by atoms with E-state index in [9.17, 15) is 4.79 Å². The number of benzene rings is 1. The minimum atomic E-state index is -0.978. The Hall–Kier alpha value is -2.28. The highest BCUT2D eigenvalue weighted by Crippen LogP contribution is 2.38.